The lowest BCUT2D eigenvalue weighted by molar-refractivity contribution is 0.671. The lowest BCUT2D eigenvalue weighted by Gasteiger charge is -2.15. The molecule has 48 heavy (non-hydrogen) atoms. The number of para-hydroxylation sites is 2. The molecule has 0 spiro atoms. The van der Waals surface area contributed by atoms with Gasteiger partial charge in [-0.2, -0.15) is 0 Å². The average molecular weight is 610 g/mol. The molecule has 11 rings (SSSR count). The van der Waals surface area contributed by atoms with Crippen LogP contribution in [0.3, 0.4) is 0 Å². The maximum Gasteiger partial charge on any atom is 0.160 e. The fourth-order valence-corrected chi connectivity index (χ4v) is 8.39. The quantitative estimate of drug-likeness (QED) is 0.178. The smallest absolute Gasteiger partial charge is 0.160 e. The Kier molecular flexibility index (Phi) is 5.14. The Labute approximate surface area is 275 Å². The molecule has 0 unspecified atom stereocenters. The highest BCUT2D eigenvalue weighted by Crippen LogP contribution is 2.50. The lowest BCUT2D eigenvalue weighted by atomic mass is 9.89. The summed E-state index contributed by atoms with van der Waals surface area (Å²) < 4.78 is 9.42. The van der Waals surface area contributed by atoms with Gasteiger partial charge in [-0.1, -0.05) is 140 Å². The summed E-state index contributed by atoms with van der Waals surface area (Å²) in [6.45, 7) is 0. The molecular formula is C46H27NO. The third-order valence-corrected chi connectivity index (χ3v) is 10.3. The molecule has 2 heteroatoms. The highest BCUT2D eigenvalue weighted by Gasteiger charge is 2.25. The lowest BCUT2D eigenvalue weighted by Crippen LogP contribution is -1.95. The van der Waals surface area contributed by atoms with Crippen molar-refractivity contribution in [1.82, 2.24) is 4.57 Å². The second-order valence-electron chi connectivity index (χ2n) is 12.8. The van der Waals surface area contributed by atoms with Crippen molar-refractivity contribution in [2.45, 2.75) is 0 Å². The number of fused-ring (bicyclic) bond motifs is 16. The van der Waals surface area contributed by atoms with Gasteiger partial charge in [0, 0.05) is 38.0 Å². The van der Waals surface area contributed by atoms with E-state index >= 15 is 0 Å². The summed E-state index contributed by atoms with van der Waals surface area (Å²) in [4.78, 5) is 0. The highest BCUT2D eigenvalue weighted by atomic mass is 16.3. The molecule has 222 valence electrons. The van der Waals surface area contributed by atoms with Crippen molar-refractivity contribution in [2.75, 3.05) is 0 Å². The molecule has 11 aromatic rings. The fraction of sp³-hybridized carbons (Fsp3) is 0. The second-order valence-corrected chi connectivity index (χ2v) is 12.8. The summed E-state index contributed by atoms with van der Waals surface area (Å²) in [6.07, 6.45) is 0. The average Bonchev–Trinajstić information content (AvgIpc) is 3.71. The van der Waals surface area contributed by atoms with E-state index in [1.807, 2.05) is 0 Å². The third-order valence-electron chi connectivity index (χ3n) is 10.3. The molecule has 0 aliphatic rings. The first kappa shape index (κ1) is 25.8. The SMILES string of the molecule is c1cc(-c2cccc3ccccc23)cc(-n2c3ccccc3c3c4c5ccccc5c5ccccc5c4c4c5ccccc5oc4c32)c1. The maximum atomic E-state index is 6.98. The summed E-state index contributed by atoms with van der Waals surface area (Å²) in [5, 5.41) is 14.8. The Morgan fingerprint density at radius 1 is 0.396 bits per heavy atom. The van der Waals surface area contributed by atoms with Gasteiger partial charge in [-0.15, -0.1) is 0 Å². The monoisotopic (exact) mass is 609 g/mol. The normalized spacial score (nSPS) is 12.2. The number of nitrogens with zero attached hydrogens (tertiary/aromatic N) is 1. The van der Waals surface area contributed by atoms with Crippen LogP contribution in [0.1, 0.15) is 0 Å². The first-order chi connectivity index (χ1) is 23.8. The van der Waals surface area contributed by atoms with Gasteiger partial charge in [-0.05, 0) is 67.7 Å². The third kappa shape index (κ3) is 3.36. The highest BCUT2D eigenvalue weighted by molar-refractivity contribution is 6.44. The van der Waals surface area contributed by atoms with Crippen LogP contribution in [0, 0.1) is 0 Å². The predicted molar refractivity (Wildman–Crippen MR) is 204 cm³/mol. The van der Waals surface area contributed by atoms with Crippen LogP contribution in [0.2, 0.25) is 0 Å². The van der Waals surface area contributed by atoms with Gasteiger partial charge in [0.25, 0.3) is 0 Å². The van der Waals surface area contributed by atoms with Gasteiger partial charge in [0.05, 0.1) is 11.0 Å². The summed E-state index contributed by atoms with van der Waals surface area (Å²) in [5.41, 5.74) is 7.61. The maximum absolute atomic E-state index is 6.98. The van der Waals surface area contributed by atoms with Crippen molar-refractivity contribution < 1.29 is 4.42 Å². The molecule has 0 bridgehead atoms. The van der Waals surface area contributed by atoms with Gasteiger partial charge >= 0.3 is 0 Å². The van der Waals surface area contributed by atoms with Crippen molar-refractivity contribution >= 4 is 86.8 Å². The minimum absolute atomic E-state index is 0.903. The molecule has 0 fully saturated rings. The second kappa shape index (κ2) is 9.57. The minimum atomic E-state index is 0.903. The molecule has 0 atom stereocenters. The van der Waals surface area contributed by atoms with Crippen LogP contribution in [0.25, 0.3) is 104 Å². The molecule has 9 aromatic carbocycles. The minimum Gasteiger partial charge on any atom is -0.454 e. The first-order valence-corrected chi connectivity index (χ1v) is 16.5. The van der Waals surface area contributed by atoms with E-state index in [1.54, 1.807) is 0 Å². The van der Waals surface area contributed by atoms with Gasteiger partial charge in [0.1, 0.15) is 5.58 Å². The van der Waals surface area contributed by atoms with Gasteiger partial charge < -0.3 is 8.98 Å². The molecule has 0 aliphatic heterocycles. The van der Waals surface area contributed by atoms with Crippen LogP contribution in [0.15, 0.2) is 168 Å². The van der Waals surface area contributed by atoms with Crippen LogP contribution in [0.4, 0.5) is 0 Å². The fourth-order valence-electron chi connectivity index (χ4n) is 8.39. The number of aromatic nitrogens is 1. The molecule has 2 nitrogen and oxygen atoms in total. The van der Waals surface area contributed by atoms with E-state index in [0.717, 1.165) is 33.3 Å². The van der Waals surface area contributed by atoms with E-state index in [0.29, 0.717) is 0 Å². The predicted octanol–water partition coefficient (Wildman–Crippen LogP) is 13.0. The van der Waals surface area contributed by atoms with Gasteiger partial charge in [-0.25, -0.2) is 0 Å². The Bertz CT molecular complexity index is 3120. The van der Waals surface area contributed by atoms with Crippen LogP contribution in [0.5, 0.6) is 0 Å². The molecule has 2 heterocycles. The van der Waals surface area contributed by atoms with E-state index in [9.17, 15) is 0 Å². The van der Waals surface area contributed by atoms with E-state index in [4.69, 9.17) is 4.42 Å². The van der Waals surface area contributed by atoms with E-state index in [-0.39, 0.29) is 0 Å². The Morgan fingerprint density at radius 2 is 0.979 bits per heavy atom. The van der Waals surface area contributed by atoms with Gasteiger partial charge in [0.2, 0.25) is 0 Å². The van der Waals surface area contributed by atoms with E-state index < -0.39 is 0 Å². The Hall–Kier alpha value is -6.38. The van der Waals surface area contributed by atoms with Crippen molar-refractivity contribution in [3.63, 3.8) is 0 Å². The van der Waals surface area contributed by atoms with Crippen molar-refractivity contribution in [2.24, 2.45) is 0 Å². The van der Waals surface area contributed by atoms with Crippen LogP contribution in [-0.4, -0.2) is 4.57 Å². The number of hydrogen-bond donors (Lipinski definition) is 0. The van der Waals surface area contributed by atoms with Crippen molar-refractivity contribution in [3.05, 3.63) is 164 Å². The number of benzene rings is 9. The van der Waals surface area contributed by atoms with E-state index in [2.05, 4.69) is 168 Å². The molecule has 0 amide bonds. The molecule has 0 saturated carbocycles. The zero-order valence-electron chi connectivity index (χ0n) is 25.9. The van der Waals surface area contributed by atoms with E-state index in [1.165, 1.54) is 70.4 Å². The number of hydrogen-bond acceptors (Lipinski definition) is 1. The number of furan rings is 1. The van der Waals surface area contributed by atoms with Gasteiger partial charge in [0.15, 0.2) is 5.58 Å². The summed E-state index contributed by atoms with van der Waals surface area (Å²) in [5.74, 6) is 0. The standard InChI is InChI=1S/C46H27NO/c1-2-17-31-28(13-1)14-12-24-32(31)29-15-11-16-30(27-29)47-39-25-9-7-22-37(39)43-41-35-20-5-3-18-33(35)34-19-4-6-21-36(34)42(41)44-38-23-8-10-26-40(38)48-46(44)45(43)47/h1-27H. The largest absolute Gasteiger partial charge is 0.454 e. The molecule has 0 radical (unpaired) electrons. The summed E-state index contributed by atoms with van der Waals surface area (Å²) in [7, 11) is 0. The molecular weight excluding hydrogens is 583 g/mol. The topological polar surface area (TPSA) is 18.1 Å². The summed E-state index contributed by atoms with van der Waals surface area (Å²) >= 11 is 0. The molecule has 0 saturated heterocycles. The van der Waals surface area contributed by atoms with Crippen LogP contribution >= 0.6 is 0 Å². The Balaban J connectivity index is 1.39. The van der Waals surface area contributed by atoms with Crippen LogP contribution in [-0.2, 0) is 0 Å². The van der Waals surface area contributed by atoms with Crippen LogP contribution < -0.4 is 0 Å². The van der Waals surface area contributed by atoms with Gasteiger partial charge in [-0.3, -0.25) is 0 Å². The first-order valence-electron chi connectivity index (χ1n) is 16.5. The Morgan fingerprint density at radius 3 is 1.77 bits per heavy atom. The zero-order valence-corrected chi connectivity index (χ0v) is 25.9. The number of rotatable bonds is 2. The molecule has 0 aliphatic carbocycles. The zero-order chi connectivity index (χ0) is 31.3. The molecule has 0 N–H and O–H groups in total. The van der Waals surface area contributed by atoms with Crippen molar-refractivity contribution in [3.8, 4) is 16.8 Å². The summed E-state index contributed by atoms with van der Waals surface area (Å²) in [6, 6.07) is 59.3. The van der Waals surface area contributed by atoms with Crippen molar-refractivity contribution in [1.29, 1.82) is 0 Å². The molecule has 2 aromatic heterocycles.